The Morgan fingerprint density at radius 1 is 0.967 bits per heavy atom. The fourth-order valence-corrected chi connectivity index (χ4v) is 4.07. The molecule has 0 aliphatic carbocycles. The van der Waals surface area contributed by atoms with E-state index in [2.05, 4.69) is 67.0 Å². The smallest absolute Gasteiger partial charge is 0.279 e. The van der Waals surface area contributed by atoms with E-state index in [0.717, 1.165) is 50.0 Å². The second-order valence-corrected chi connectivity index (χ2v) is 8.28. The van der Waals surface area contributed by atoms with Gasteiger partial charge in [0, 0.05) is 16.8 Å². The summed E-state index contributed by atoms with van der Waals surface area (Å²) in [5.74, 6) is 0.0415. The molecule has 1 amide bonds. The van der Waals surface area contributed by atoms with Crippen LogP contribution in [-0.2, 0) is 22.6 Å². The van der Waals surface area contributed by atoms with Crippen molar-refractivity contribution in [1.82, 2.24) is 0 Å². The first-order valence-electron chi connectivity index (χ1n) is 10.7. The molecule has 1 atom stereocenters. The molecule has 1 heterocycles. The molecule has 4 rings (SSSR count). The summed E-state index contributed by atoms with van der Waals surface area (Å²) in [6.45, 7) is 6.08. The molecule has 30 heavy (non-hydrogen) atoms. The summed E-state index contributed by atoms with van der Waals surface area (Å²) < 4.78 is 5.42. The van der Waals surface area contributed by atoms with Crippen molar-refractivity contribution in [2.45, 2.75) is 13.1 Å². The number of carbonyl (C=O) groups is 1. The zero-order valence-corrected chi connectivity index (χ0v) is 17.6. The predicted octanol–water partition coefficient (Wildman–Crippen LogP) is 0.908. The number of quaternary nitrogens is 2. The number of fused-ring (bicyclic) bond motifs is 1. The standard InChI is InChI=1S/C25H29N3O2/c1-27(17-21-6-9-22-4-2-3-5-23(22)16-21)19-25(29)26-24-10-7-20(8-11-24)18-28-12-14-30-15-13-28/h2-11,16H,12-15,17-19H2,1H3,(H,26,29)/p+2. The van der Waals surface area contributed by atoms with Gasteiger partial charge >= 0.3 is 0 Å². The largest absolute Gasteiger partial charge is 0.370 e. The average Bonchev–Trinajstić information content (AvgIpc) is 2.75. The fraction of sp³-hybridized carbons (Fsp3) is 0.320. The van der Waals surface area contributed by atoms with E-state index in [-0.39, 0.29) is 5.91 Å². The Hall–Kier alpha value is -2.73. The van der Waals surface area contributed by atoms with E-state index >= 15 is 0 Å². The van der Waals surface area contributed by atoms with Crippen LogP contribution in [0.1, 0.15) is 11.1 Å². The summed E-state index contributed by atoms with van der Waals surface area (Å²) in [5.41, 5.74) is 3.40. The number of likely N-dealkylation sites (N-methyl/N-ethyl adjacent to an activating group) is 1. The summed E-state index contributed by atoms with van der Waals surface area (Å²) in [6.07, 6.45) is 0. The molecule has 0 spiro atoms. The lowest BCUT2D eigenvalue weighted by Gasteiger charge is -2.23. The maximum atomic E-state index is 12.5. The minimum Gasteiger partial charge on any atom is -0.370 e. The topological polar surface area (TPSA) is 47.2 Å². The quantitative estimate of drug-likeness (QED) is 0.547. The van der Waals surface area contributed by atoms with Crippen LogP contribution >= 0.6 is 0 Å². The van der Waals surface area contributed by atoms with E-state index in [1.807, 2.05) is 12.1 Å². The third-order valence-corrected chi connectivity index (χ3v) is 5.67. The number of ether oxygens (including phenoxy) is 1. The molecule has 5 heteroatoms. The van der Waals surface area contributed by atoms with Gasteiger partial charge in [-0.25, -0.2) is 0 Å². The summed E-state index contributed by atoms with van der Waals surface area (Å²) in [4.78, 5) is 15.2. The van der Waals surface area contributed by atoms with Crippen LogP contribution in [0, 0.1) is 0 Å². The molecular weight excluding hydrogens is 374 g/mol. The number of carbonyl (C=O) groups excluding carboxylic acids is 1. The highest BCUT2D eigenvalue weighted by Gasteiger charge is 2.15. The predicted molar refractivity (Wildman–Crippen MR) is 120 cm³/mol. The van der Waals surface area contributed by atoms with Gasteiger partial charge in [0.2, 0.25) is 0 Å². The molecule has 5 nitrogen and oxygen atoms in total. The van der Waals surface area contributed by atoms with Gasteiger partial charge in [0.1, 0.15) is 26.2 Å². The molecule has 1 aliphatic rings. The van der Waals surface area contributed by atoms with Gasteiger partial charge in [0.15, 0.2) is 6.54 Å². The Morgan fingerprint density at radius 2 is 1.67 bits per heavy atom. The van der Waals surface area contributed by atoms with Crippen LogP contribution in [0.5, 0.6) is 0 Å². The van der Waals surface area contributed by atoms with E-state index in [0.29, 0.717) is 6.54 Å². The molecule has 156 valence electrons. The Morgan fingerprint density at radius 3 is 2.43 bits per heavy atom. The second kappa shape index (κ2) is 9.85. The summed E-state index contributed by atoms with van der Waals surface area (Å²) in [6, 6.07) is 23.1. The zero-order valence-electron chi connectivity index (χ0n) is 17.6. The van der Waals surface area contributed by atoms with E-state index in [9.17, 15) is 4.79 Å². The number of rotatable bonds is 7. The van der Waals surface area contributed by atoms with Crippen molar-refractivity contribution in [1.29, 1.82) is 0 Å². The number of morpholine rings is 1. The number of hydrogen-bond acceptors (Lipinski definition) is 2. The summed E-state index contributed by atoms with van der Waals surface area (Å²) >= 11 is 0. The molecule has 0 saturated carbocycles. The first-order valence-corrected chi connectivity index (χ1v) is 10.7. The third kappa shape index (κ3) is 5.66. The molecule has 3 aromatic carbocycles. The van der Waals surface area contributed by atoms with Gasteiger partial charge in [-0.15, -0.1) is 0 Å². The van der Waals surface area contributed by atoms with E-state index in [1.165, 1.54) is 21.9 Å². The lowest BCUT2D eigenvalue weighted by atomic mass is 10.1. The number of anilines is 1. The Balaban J connectivity index is 1.26. The molecule has 3 N–H and O–H groups in total. The van der Waals surface area contributed by atoms with Crippen LogP contribution in [0.25, 0.3) is 10.8 Å². The molecule has 1 unspecified atom stereocenters. The molecule has 3 aromatic rings. The molecule has 0 aromatic heterocycles. The van der Waals surface area contributed by atoms with E-state index in [1.54, 1.807) is 4.90 Å². The van der Waals surface area contributed by atoms with Crippen molar-refractivity contribution in [2.75, 3.05) is 45.2 Å². The average molecular weight is 406 g/mol. The minimum absolute atomic E-state index is 0.0415. The molecule has 0 bridgehead atoms. The lowest BCUT2D eigenvalue weighted by Crippen LogP contribution is -3.12. The lowest BCUT2D eigenvalue weighted by molar-refractivity contribution is -0.921. The fourth-order valence-electron chi connectivity index (χ4n) is 4.07. The number of amides is 1. The Bertz CT molecular complexity index is 981. The van der Waals surface area contributed by atoms with Crippen LogP contribution < -0.4 is 15.1 Å². The Kier molecular flexibility index (Phi) is 6.74. The van der Waals surface area contributed by atoms with Crippen molar-refractivity contribution < 1.29 is 19.3 Å². The molecule has 1 aliphatic heterocycles. The molecule has 1 saturated heterocycles. The molecular formula is C25H31N3O2+2. The highest BCUT2D eigenvalue weighted by Crippen LogP contribution is 2.15. The number of benzene rings is 3. The third-order valence-electron chi connectivity index (χ3n) is 5.67. The van der Waals surface area contributed by atoms with Gasteiger partial charge in [0.25, 0.3) is 5.91 Å². The van der Waals surface area contributed by atoms with E-state index in [4.69, 9.17) is 4.74 Å². The minimum atomic E-state index is 0.0415. The molecule has 0 radical (unpaired) electrons. The number of nitrogens with one attached hydrogen (secondary N) is 3. The van der Waals surface area contributed by atoms with Crippen LogP contribution in [0.2, 0.25) is 0 Å². The summed E-state index contributed by atoms with van der Waals surface area (Å²) in [7, 11) is 2.06. The van der Waals surface area contributed by atoms with Gasteiger partial charge in [-0.2, -0.15) is 0 Å². The van der Waals surface area contributed by atoms with Crippen molar-refractivity contribution in [3.8, 4) is 0 Å². The normalized spacial score (nSPS) is 15.8. The highest BCUT2D eigenvalue weighted by atomic mass is 16.5. The first-order chi connectivity index (χ1) is 14.7. The van der Waals surface area contributed by atoms with Gasteiger partial charge in [-0.3, -0.25) is 4.79 Å². The van der Waals surface area contributed by atoms with Crippen molar-refractivity contribution in [3.05, 3.63) is 77.9 Å². The second-order valence-electron chi connectivity index (χ2n) is 8.28. The van der Waals surface area contributed by atoms with Crippen LogP contribution in [0.3, 0.4) is 0 Å². The van der Waals surface area contributed by atoms with Gasteiger partial charge in [0.05, 0.1) is 20.3 Å². The van der Waals surface area contributed by atoms with Crippen LogP contribution in [0.4, 0.5) is 5.69 Å². The maximum Gasteiger partial charge on any atom is 0.279 e. The first kappa shape index (κ1) is 20.5. The number of hydrogen-bond donors (Lipinski definition) is 3. The van der Waals surface area contributed by atoms with Crippen LogP contribution in [-0.4, -0.2) is 45.8 Å². The monoisotopic (exact) mass is 405 g/mol. The van der Waals surface area contributed by atoms with Crippen molar-refractivity contribution in [3.63, 3.8) is 0 Å². The summed E-state index contributed by atoms with van der Waals surface area (Å²) in [5, 5.41) is 5.52. The molecule has 1 fully saturated rings. The SMILES string of the molecule is C[NH+](CC(=O)Nc1ccc(C[NH+]2CCOCC2)cc1)Cc1ccc2ccccc2c1. The van der Waals surface area contributed by atoms with Gasteiger partial charge in [-0.1, -0.05) is 48.5 Å². The van der Waals surface area contributed by atoms with E-state index < -0.39 is 0 Å². The van der Waals surface area contributed by atoms with Crippen molar-refractivity contribution in [2.24, 2.45) is 0 Å². The maximum absolute atomic E-state index is 12.5. The van der Waals surface area contributed by atoms with Gasteiger partial charge < -0.3 is 19.9 Å². The zero-order chi connectivity index (χ0) is 20.8. The van der Waals surface area contributed by atoms with Gasteiger partial charge in [-0.05, 0) is 29.0 Å². The van der Waals surface area contributed by atoms with Crippen molar-refractivity contribution >= 4 is 22.4 Å². The highest BCUT2D eigenvalue weighted by molar-refractivity contribution is 5.91. The van der Waals surface area contributed by atoms with Crippen LogP contribution in [0.15, 0.2) is 66.7 Å². The Labute approximate surface area is 178 Å².